The molecule has 4 nitrogen and oxygen atoms in total. The molecule has 1 fully saturated rings. The summed E-state index contributed by atoms with van der Waals surface area (Å²) in [5.74, 6) is 0.148. The monoisotopic (exact) mass is 214 g/mol. The van der Waals surface area contributed by atoms with Gasteiger partial charge in [0.2, 0.25) is 5.91 Å². The van der Waals surface area contributed by atoms with E-state index in [0.29, 0.717) is 6.42 Å². The standard InChI is InChI=1S/C11H22N2O2/c1-2-3-11(15)12-6-9-13-7-4-10(14)5-8-13/h10,14H,2-9H2,1H3,(H,12,15). The Kier molecular flexibility index (Phi) is 5.65. The molecule has 1 amide bonds. The van der Waals surface area contributed by atoms with Crippen LogP contribution in [-0.4, -0.2) is 48.2 Å². The van der Waals surface area contributed by atoms with E-state index < -0.39 is 0 Å². The van der Waals surface area contributed by atoms with Gasteiger partial charge in [-0.1, -0.05) is 6.92 Å². The number of aliphatic hydroxyl groups is 1. The Morgan fingerprint density at radius 3 is 2.73 bits per heavy atom. The Hall–Kier alpha value is -0.610. The fraction of sp³-hybridized carbons (Fsp3) is 0.909. The number of nitrogens with zero attached hydrogens (tertiary/aromatic N) is 1. The van der Waals surface area contributed by atoms with Crippen molar-refractivity contribution in [3.63, 3.8) is 0 Å². The summed E-state index contributed by atoms with van der Waals surface area (Å²) in [6, 6.07) is 0. The van der Waals surface area contributed by atoms with Crippen molar-refractivity contribution in [3.05, 3.63) is 0 Å². The quantitative estimate of drug-likeness (QED) is 0.695. The van der Waals surface area contributed by atoms with Crippen molar-refractivity contribution in [1.29, 1.82) is 0 Å². The van der Waals surface area contributed by atoms with Crippen LogP contribution in [0.2, 0.25) is 0 Å². The van der Waals surface area contributed by atoms with E-state index in [9.17, 15) is 9.90 Å². The Morgan fingerprint density at radius 2 is 2.13 bits per heavy atom. The summed E-state index contributed by atoms with van der Waals surface area (Å²) in [5, 5.41) is 12.2. The molecule has 1 aliphatic rings. The SMILES string of the molecule is CCCC(=O)NCCN1CCC(O)CC1. The third-order valence-electron chi connectivity index (χ3n) is 2.78. The van der Waals surface area contributed by atoms with Crippen LogP contribution in [0.5, 0.6) is 0 Å². The molecule has 0 bridgehead atoms. The minimum atomic E-state index is -0.115. The first kappa shape index (κ1) is 12.5. The van der Waals surface area contributed by atoms with Crippen LogP contribution < -0.4 is 5.32 Å². The molecule has 0 unspecified atom stereocenters. The molecule has 0 atom stereocenters. The zero-order valence-corrected chi connectivity index (χ0v) is 9.54. The molecule has 1 heterocycles. The molecule has 4 heteroatoms. The first-order chi connectivity index (χ1) is 7.22. The van der Waals surface area contributed by atoms with Crippen LogP contribution in [0.25, 0.3) is 0 Å². The van der Waals surface area contributed by atoms with E-state index in [2.05, 4.69) is 10.2 Å². The second kappa shape index (κ2) is 6.80. The molecule has 0 aromatic heterocycles. The molecule has 15 heavy (non-hydrogen) atoms. The predicted molar refractivity (Wildman–Crippen MR) is 59.6 cm³/mol. The van der Waals surface area contributed by atoms with Gasteiger partial charge in [0.15, 0.2) is 0 Å². The van der Waals surface area contributed by atoms with Gasteiger partial charge in [0, 0.05) is 32.6 Å². The van der Waals surface area contributed by atoms with Gasteiger partial charge in [-0.3, -0.25) is 4.79 Å². The van der Waals surface area contributed by atoms with Crippen molar-refractivity contribution in [2.24, 2.45) is 0 Å². The van der Waals surface area contributed by atoms with E-state index in [4.69, 9.17) is 0 Å². The van der Waals surface area contributed by atoms with Crippen molar-refractivity contribution < 1.29 is 9.90 Å². The number of nitrogens with one attached hydrogen (secondary N) is 1. The minimum absolute atomic E-state index is 0.115. The summed E-state index contributed by atoms with van der Waals surface area (Å²) >= 11 is 0. The largest absolute Gasteiger partial charge is 0.393 e. The second-order valence-corrected chi connectivity index (χ2v) is 4.17. The molecule has 1 rings (SSSR count). The third kappa shape index (κ3) is 5.14. The summed E-state index contributed by atoms with van der Waals surface area (Å²) in [6.45, 7) is 5.54. The minimum Gasteiger partial charge on any atom is -0.393 e. The molecule has 0 aromatic carbocycles. The molecule has 0 spiro atoms. The van der Waals surface area contributed by atoms with E-state index >= 15 is 0 Å². The molecule has 88 valence electrons. The van der Waals surface area contributed by atoms with Crippen molar-refractivity contribution >= 4 is 5.91 Å². The third-order valence-corrected chi connectivity index (χ3v) is 2.78. The first-order valence-electron chi connectivity index (χ1n) is 5.89. The van der Waals surface area contributed by atoms with E-state index in [1.807, 2.05) is 6.92 Å². The van der Waals surface area contributed by atoms with Crippen LogP contribution in [0.3, 0.4) is 0 Å². The number of amides is 1. The highest BCUT2D eigenvalue weighted by atomic mass is 16.3. The lowest BCUT2D eigenvalue weighted by molar-refractivity contribution is -0.121. The summed E-state index contributed by atoms with van der Waals surface area (Å²) in [6.07, 6.45) is 3.14. The van der Waals surface area contributed by atoms with Gasteiger partial charge in [0.1, 0.15) is 0 Å². The zero-order valence-electron chi connectivity index (χ0n) is 9.54. The lowest BCUT2D eigenvalue weighted by Crippen LogP contribution is -2.40. The predicted octanol–water partition coefficient (Wildman–Crippen LogP) is 0.359. The van der Waals surface area contributed by atoms with Gasteiger partial charge in [-0.25, -0.2) is 0 Å². The van der Waals surface area contributed by atoms with Gasteiger partial charge in [0.05, 0.1) is 6.10 Å². The fourth-order valence-electron chi connectivity index (χ4n) is 1.81. The zero-order chi connectivity index (χ0) is 11.1. The number of piperidine rings is 1. The van der Waals surface area contributed by atoms with Crippen LogP contribution in [0.4, 0.5) is 0 Å². The normalized spacial score (nSPS) is 19.1. The number of rotatable bonds is 5. The Bertz CT molecular complexity index is 189. The lowest BCUT2D eigenvalue weighted by Gasteiger charge is -2.29. The molecule has 0 saturated carbocycles. The van der Waals surface area contributed by atoms with Crippen molar-refractivity contribution in [2.45, 2.75) is 38.7 Å². The molecule has 1 aliphatic heterocycles. The van der Waals surface area contributed by atoms with Crippen molar-refractivity contribution in [3.8, 4) is 0 Å². The van der Waals surface area contributed by atoms with Gasteiger partial charge in [-0.2, -0.15) is 0 Å². The van der Waals surface area contributed by atoms with Gasteiger partial charge >= 0.3 is 0 Å². The number of hydrogen-bond acceptors (Lipinski definition) is 3. The maximum Gasteiger partial charge on any atom is 0.220 e. The van der Waals surface area contributed by atoms with Gasteiger partial charge < -0.3 is 15.3 Å². The smallest absolute Gasteiger partial charge is 0.220 e. The summed E-state index contributed by atoms with van der Waals surface area (Å²) in [4.78, 5) is 13.5. The molecular weight excluding hydrogens is 192 g/mol. The topological polar surface area (TPSA) is 52.6 Å². The van der Waals surface area contributed by atoms with E-state index in [-0.39, 0.29) is 12.0 Å². The van der Waals surface area contributed by atoms with Crippen LogP contribution in [-0.2, 0) is 4.79 Å². The number of carbonyl (C=O) groups excluding carboxylic acids is 1. The first-order valence-corrected chi connectivity index (χ1v) is 5.89. The maximum absolute atomic E-state index is 11.2. The molecule has 0 aromatic rings. The molecular formula is C11H22N2O2. The van der Waals surface area contributed by atoms with Crippen LogP contribution in [0.15, 0.2) is 0 Å². The van der Waals surface area contributed by atoms with Gasteiger partial charge in [-0.15, -0.1) is 0 Å². The Labute approximate surface area is 91.6 Å². The van der Waals surface area contributed by atoms with Crippen LogP contribution >= 0.6 is 0 Å². The highest BCUT2D eigenvalue weighted by Crippen LogP contribution is 2.08. The highest BCUT2D eigenvalue weighted by molar-refractivity contribution is 5.75. The van der Waals surface area contributed by atoms with Gasteiger partial charge in [-0.05, 0) is 19.3 Å². The summed E-state index contributed by atoms with van der Waals surface area (Å²) < 4.78 is 0. The molecule has 1 saturated heterocycles. The average Bonchev–Trinajstić information content (AvgIpc) is 2.21. The molecule has 0 radical (unpaired) electrons. The molecule has 0 aliphatic carbocycles. The van der Waals surface area contributed by atoms with Crippen LogP contribution in [0.1, 0.15) is 32.6 Å². The summed E-state index contributed by atoms with van der Waals surface area (Å²) in [7, 11) is 0. The number of carbonyl (C=O) groups is 1. The Balaban J connectivity index is 2.02. The second-order valence-electron chi connectivity index (χ2n) is 4.17. The number of likely N-dealkylation sites (tertiary alicyclic amines) is 1. The molecule has 2 N–H and O–H groups in total. The lowest BCUT2D eigenvalue weighted by atomic mass is 10.1. The number of aliphatic hydroxyl groups excluding tert-OH is 1. The maximum atomic E-state index is 11.2. The van der Waals surface area contributed by atoms with E-state index in [1.165, 1.54) is 0 Å². The summed E-state index contributed by atoms with van der Waals surface area (Å²) in [5.41, 5.74) is 0. The van der Waals surface area contributed by atoms with Crippen molar-refractivity contribution in [1.82, 2.24) is 10.2 Å². The number of hydrogen-bond donors (Lipinski definition) is 2. The Morgan fingerprint density at radius 1 is 1.47 bits per heavy atom. The fourth-order valence-corrected chi connectivity index (χ4v) is 1.81. The van der Waals surface area contributed by atoms with Gasteiger partial charge in [0.25, 0.3) is 0 Å². The van der Waals surface area contributed by atoms with Crippen LogP contribution in [0, 0.1) is 0 Å². The van der Waals surface area contributed by atoms with Crippen molar-refractivity contribution in [2.75, 3.05) is 26.2 Å². The van der Waals surface area contributed by atoms with E-state index in [1.54, 1.807) is 0 Å². The van der Waals surface area contributed by atoms with E-state index in [0.717, 1.165) is 45.4 Å². The average molecular weight is 214 g/mol. The highest BCUT2D eigenvalue weighted by Gasteiger charge is 2.16.